The van der Waals surface area contributed by atoms with Gasteiger partial charge in [0.15, 0.2) is 0 Å². The molecule has 0 aromatic heterocycles. The van der Waals surface area contributed by atoms with Gasteiger partial charge in [-0.05, 0) is 36.8 Å². The van der Waals surface area contributed by atoms with Crippen molar-refractivity contribution in [2.45, 2.75) is 30.7 Å². The van der Waals surface area contributed by atoms with Crippen LogP contribution in [0.3, 0.4) is 0 Å². The van der Waals surface area contributed by atoms with Gasteiger partial charge in [-0.1, -0.05) is 66.2 Å². The molecule has 1 N–H and O–H groups in total. The number of halogens is 1. The summed E-state index contributed by atoms with van der Waals surface area (Å²) in [4.78, 5) is 47.3. The number of aliphatic hydroxyl groups is 1. The predicted molar refractivity (Wildman–Crippen MR) is 146 cm³/mol. The van der Waals surface area contributed by atoms with Crippen LogP contribution in [0.25, 0.3) is 0 Å². The second kappa shape index (κ2) is 9.62. The Hall–Kier alpha value is -3.46. The number of rotatable bonds is 5. The van der Waals surface area contributed by atoms with E-state index in [0.717, 1.165) is 5.56 Å². The predicted octanol–water partition coefficient (Wildman–Crippen LogP) is 2.80. The molecule has 2 aromatic rings. The number of β-amino-alcohol motifs (C(OH)–C–C–N with tert-alkyl or cyclic N) is 1. The van der Waals surface area contributed by atoms with Gasteiger partial charge in [0.25, 0.3) is 5.91 Å². The van der Waals surface area contributed by atoms with Gasteiger partial charge in [0.2, 0.25) is 11.8 Å². The van der Waals surface area contributed by atoms with Gasteiger partial charge < -0.3 is 24.5 Å². The molecule has 9 heteroatoms. The summed E-state index contributed by atoms with van der Waals surface area (Å²) in [5.74, 6) is -2.63. The third-order valence-electron chi connectivity index (χ3n) is 8.34. The lowest BCUT2D eigenvalue weighted by Crippen LogP contribution is -2.56. The molecule has 0 aliphatic carbocycles. The van der Waals surface area contributed by atoms with E-state index < -0.39 is 29.1 Å². The number of aliphatic hydroxyl groups excluding tert-OH is 1. The molecule has 2 aromatic carbocycles. The lowest BCUT2D eigenvalue weighted by Gasteiger charge is -2.37. The molecule has 6 rings (SSSR count). The number of amides is 3. The first kappa shape index (κ1) is 25.8. The summed E-state index contributed by atoms with van der Waals surface area (Å²) in [6.07, 6.45) is 7.41. The largest absolute Gasteiger partial charge is 0.395 e. The Kier molecular flexibility index (Phi) is 6.37. The third-order valence-corrected chi connectivity index (χ3v) is 8.59. The third kappa shape index (κ3) is 4.01. The Balaban J connectivity index is 1.42. The van der Waals surface area contributed by atoms with Crippen molar-refractivity contribution in [3.05, 3.63) is 89.5 Å². The van der Waals surface area contributed by atoms with Gasteiger partial charge in [-0.25, -0.2) is 0 Å². The highest BCUT2D eigenvalue weighted by molar-refractivity contribution is 6.30. The number of hydrogen-bond acceptors (Lipinski definition) is 5. The molecule has 1 unspecified atom stereocenters. The van der Waals surface area contributed by atoms with E-state index >= 15 is 0 Å². The van der Waals surface area contributed by atoms with Crippen molar-refractivity contribution in [3.63, 3.8) is 0 Å². The highest BCUT2D eigenvalue weighted by Crippen LogP contribution is 2.57. The van der Waals surface area contributed by atoms with Crippen LogP contribution >= 0.6 is 11.6 Å². The number of carbonyl (C=O) groups excluding carboxylic acids is 3. The molecular weight excluding hydrogens is 518 g/mol. The molecule has 4 aliphatic heterocycles. The quantitative estimate of drug-likeness (QED) is 0.581. The molecule has 3 amide bonds. The molecular formula is C30H30ClN3O5. The number of likely N-dealkylation sites (tertiary alicyclic amines) is 1. The monoisotopic (exact) mass is 547 g/mol. The van der Waals surface area contributed by atoms with Crippen LogP contribution in [0.1, 0.15) is 12.5 Å². The molecule has 4 aliphatic rings. The molecule has 39 heavy (non-hydrogen) atoms. The molecule has 202 valence electrons. The topological polar surface area (TPSA) is 90.4 Å². The minimum Gasteiger partial charge on any atom is -0.395 e. The maximum atomic E-state index is 14.2. The summed E-state index contributed by atoms with van der Waals surface area (Å²) in [5.41, 5.74) is -0.835. The molecule has 2 saturated heterocycles. The highest BCUT2D eigenvalue weighted by atomic mass is 35.5. The fourth-order valence-electron chi connectivity index (χ4n) is 6.72. The van der Waals surface area contributed by atoms with Crippen molar-refractivity contribution in [1.29, 1.82) is 0 Å². The minimum atomic E-state index is -1.36. The van der Waals surface area contributed by atoms with E-state index in [-0.39, 0.29) is 37.4 Å². The molecule has 0 radical (unpaired) electrons. The molecule has 0 saturated carbocycles. The maximum Gasteiger partial charge on any atom is 0.253 e. The van der Waals surface area contributed by atoms with Crippen LogP contribution < -0.4 is 4.90 Å². The number of benzene rings is 2. The number of ether oxygens (including phenoxy) is 1. The Morgan fingerprint density at radius 1 is 0.923 bits per heavy atom. The van der Waals surface area contributed by atoms with Crippen LogP contribution in [0.15, 0.2) is 78.9 Å². The van der Waals surface area contributed by atoms with E-state index in [2.05, 4.69) is 0 Å². The molecule has 8 nitrogen and oxygen atoms in total. The number of fused-ring (bicyclic) bond motifs is 2. The average Bonchev–Trinajstić information content (AvgIpc) is 3.18. The summed E-state index contributed by atoms with van der Waals surface area (Å²) >= 11 is 6.08. The Morgan fingerprint density at radius 3 is 2.36 bits per heavy atom. The van der Waals surface area contributed by atoms with Crippen molar-refractivity contribution in [1.82, 2.24) is 9.80 Å². The fourth-order valence-corrected chi connectivity index (χ4v) is 6.84. The SMILES string of the molecule is C[C@@]12C=CCN(Cc3ccccc3)C(=O)[C@@H]1[C@H]1C(=O)N(CCO)C3C(=O)N(c4ccc(Cl)cc4)CC=C[C@@]31O2. The van der Waals surface area contributed by atoms with Gasteiger partial charge in [0.05, 0.1) is 24.0 Å². The van der Waals surface area contributed by atoms with Gasteiger partial charge in [-0.2, -0.15) is 0 Å². The number of anilines is 1. The van der Waals surface area contributed by atoms with E-state index in [0.29, 0.717) is 23.8 Å². The van der Waals surface area contributed by atoms with E-state index in [4.69, 9.17) is 16.3 Å². The average molecular weight is 548 g/mol. The molecule has 5 atom stereocenters. The molecule has 1 spiro atoms. The summed E-state index contributed by atoms with van der Waals surface area (Å²) < 4.78 is 6.78. The zero-order valence-corrected chi connectivity index (χ0v) is 22.3. The van der Waals surface area contributed by atoms with Gasteiger partial charge in [0.1, 0.15) is 11.6 Å². The second-order valence-electron chi connectivity index (χ2n) is 10.7. The van der Waals surface area contributed by atoms with Crippen LogP contribution in [-0.4, -0.2) is 76.1 Å². The lowest BCUT2D eigenvalue weighted by molar-refractivity contribution is -0.149. The standard InChI is InChI=1S/C30H30ClN3O5/c1-29-13-5-15-32(19-20-7-3-2-4-8-20)26(36)23(29)24-27(37)34(17-18-35)25-28(38)33(16-6-14-30(24,25)39-29)22-11-9-21(31)10-12-22/h2-14,23-25,35H,15-19H2,1H3/t23-,24-,25?,29+,30-/m0/s1. The minimum absolute atomic E-state index is 0.0413. The van der Waals surface area contributed by atoms with Crippen molar-refractivity contribution in [3.8, 4) is 0 Å². The Labute approximate surface area is 232 Å². The van der Waals surface area contributed by atoms with Crippen molar-refractivity contribution in [2.24, 2.45) is 11.8 Å². The molecule has 0 bridgehead atoms. The number of nitrogens with zero attached hydrogens (tertiary/aromatic N) is 3. The van der Waals surface area contributed by atoms with E-state index in [9.17, 15) is 19.5 Å². The summed E-state index contributed by atoms with van der Waals surface area (Å²) in [6.45, 7) is 2.51. The van der Waals surface area contributed by atoms with Crippen molar-refractivity contribution >= 4 is 35.0 Å². The van der Waals surface area contributed by atoms with Crippen LogP contribution in [0.5, 0.6) is 0 Å². The normalized spacial score (nSPS) is 31.7. The first-order valence-electron chi connectivity index (χ1n) is 13.2. The van der Waals surface area contributed by atoms with Crippen molar-refractivity contribution < 1.29 is 24.2 Å². The fraction of sp³-hybridized carbons (Fsp3) is 0.367. The molecule has 2 fully saturated rings. The second-order valence-corrected chi connectivity index (χ2v) is 11.1. The summed E-state index contributed by atoms with van der Waals surface area (Å²) in [5, 5.41) is 10.4. The Morgan fingerprint density at radius 2 is 1.64 bits per heavy atom. The van der Waals surface area contributed by atoms with Gasteiger partial charge in [0, 0.05) is 36.9 Å². The first-order valence-corrected chi connectivity index (χ1v) is 13.5. The zero-order chi connectivity index (χ0) is 27.4. The van der Waals surface area contributed by atoms with Crippen molar-refractivity contribution in [2.75, 3.05) is 31.1 Å². The van der Waals surface area contributed by atoms with Crippen LogP contribution in [0.4, 0.5) is 5.69 Å². The van der Waals surface area contributed by atoms with Gasteiger partial charge >= 0.3 is 0 Å². The van der Waals surface area contributed by atoms with E-state index in [1.54, 1.807) is 40.1 Å². The van der Waals surface area contributed by atoms with Gasteiger partial charge in [-0.3, -0.25) is 14.4 Å². The first-order chi connectivity index (χ1) is 18.8. The summed E-state index contributed by atoms with van der Waals surface area (Å²) in [6, 6.07) is 15.6. The van der Waals surface area contributed by atoms with Crippen LogP contribution in [-0.2, 0) is 25.7 Å². The highest BCUT2D eigenvalue weighted by Gasteiger charge is 2.74. The number of carbonyl (C=O) groups is 3. The Bertz CT molecular complexity index is 1360. The maximum absolute atomic E-state index is 14.2. The van der Waals surface area contributed by atoms with Crippen LogP contribution in [0.2, 0.25) is 5.02 Å². The van der Waals surface area contributed by atoms with E-state index in [1.807, 2.05) is 55.5 Å². The van der Waals surface area contributed by atoms with Crippen LogP contribution in [0, 0.1) is 11.8 Å². The summed E-state index contributed by atoms with van der Waals surface area (Å²) in [7, 11) is 0. The molecule has 4 heterocycles. The number of hydrogen-bond donors (Lipinski definition) is 1. The smallest absolute Gasteiger partial charge is 0.253 e. The van der Waals surface area contributed by atoms with Gasteiger partial charge in [-0.15, -0.1) is 0 Å². The lowest BCUT2D eigenvalue weighted by atomic mass is 9.74. The van der Waals surface area contributed by atoms with E-state index in [1.165, 1.54) is 4.90 Å². The zero-order valence-electron chi connectivity index (χ0n) is 21.6.